The van der Waals surface area contributed by atoms with Crippen molar-refractivity contribution >= 4 is 217 Å². The van der Waals surface area contributed by atoms with Gasteiger partial charge in [-0.2, -0.15) is 0 Å². The molecule has 3 radical (unpaired) electrons. The minimum Gasteiger partial charge on any atom is -1.00 e. The molecule has 10 rings (SSSR count). The van der Waals surface area contributed by atoms with Crippen molar-refractivity contribution in [3.05, 3.63) is 139 Å². The summed E-state index contributed by atoms with van der Waals surface area (Å²) in [7, 11) is 0. The molecular weight excluding hydrogens is 1360 g/mol. The molecule has 0 unspecified atom stereocenters. The molecule has 0 amide bonds. The summed E-state index contributed by atoms with van der Waals surface area (Å²) in [5, 5.41) is 19.7. The van der Waals surface area contributed by atoms with Gasteiger partial charge < -0.3 is 16.5 Å². The molecule has 0 fully saturated rings. The number of H-pyrrole nitrogens is 3. The van der Waals surface area contributed by atoms with Gasteiger partial charge in [0.05, 0.1) is 23.7 Å². The fourth-order valence-electron chi connectivity index (χ4n) is 5.04. The van der Waals surface area contributed by atoms with Crippen LogP contribution in [-0.4, -0.2) is 77.3 Å². The van der Waals surface area contributed by atoms with Gasteiger partial charge in [0.1, 0.15) is 9.72 Å². The van der Waals surface area contributed by atoms with E-state index in [0.717, 1.165) is 42.3 Å². The van der Waals surface area contributed by atoms with E-state index in [-0.39, 0.29) is 66.3 Å². The zero-order chi connectivity index (χ0) is 47.4. The Hall–Kier alpha value is -0.785. The van der Waals surface area contributed by atoms with Gasteiger partial charge in [-0.3, -0.25) is 37.0 Å². The van der Waals surface area contributed by atoms with Crippen molar-refractivity contribution in [1.29, 1.82) is 0 Å². The molecule has 4 N–H and O–H groups in total. The number of aliphatic hydroxyl groups excluding tert-OH is 1. The molecule has 349 valence electrons. The number of halogens is 8. The first-order valence-corrected chi connectivity index (χ1v) is 32.3. The molecule has 0 aliphatic heterocycles. The average molecular weight is 1390 g/mol. The Kier molecular flexibility index (Phi) is 26.8. The quantitative estimate of drug-likeness (QED) is 0.0235. The van der Waals surface area contributed by atoms with E-state index in [1.54, 1.807) is 40.2 Å². The number of aromatic amines is 3. The largest absolute Gasteiger partial charge is 1.00 e. The Morgan fingerprint density at radius 2 is 1.16 bits per heavy atom. The maximum Gasteiger partial charge on any atom is 1.00 e. The van der Waals surface area contributed by atoms with E-state index in [1.807, 2.05) is 48.9 Å². The van der Waals surface area contributed by atoms with Crippen molar-refractivity contribution in [2.24, 2.45) is 0 Å². The van der Waals surface area contributed by atoms with Gasteiger partial charge in [0.2, 0.25) is 0 Å². The Bertz CT molecular complexity index is 3240. The zero-order valence-electron chi connectivity index (χ0n) is 35.2. The number of thioether (sulfide) groups is 1. The van der Waals surface area contributed by atoms with Gasteiger partial charge in [-0.05, 0) is 72.5 Å². The second-order valence-corrected chi connectivity index (χ2v) is 34.1. The van der Waals surface area contributed by atoms with Gasteiger partial charge >= 0.3 is 29.6 Å². The maximum absolute atomic E-state index is 11.4. The Labute approximate surface area is 484 Å². The second kappa shape index (κ2) is 29.7. The number of fused-ring (bicyclic) bond motifs is 4. The number of nitrogens with one attached hydrogen (secondary N) is 3. The molecule has 0 aromatic carbocycles. The summed E-state index contributed by atoms with van der Waals surface area (Å²) in [5.74, 6) is 0.600. The third-order valence-electron chi connectivity index (χ3n) is 7.67. The van der Waals surface area contributed by atoms with E-state index < -0.39 is 0 Å². The van der Waals surface area contributed by atoms with Crippen molar-refractivity contribution in [1.82, 2.24) is 57.5 Å². The number of alkyl halides is 1. The van der Waals surface area contributed by atoms with E-state index in [4.69, 9.17) is 51.5 Å². The van der Waals surface area contributed by atoms with Crippen LogP contribution in [0.15, 0.2) is 73.2 Å². The number of aldehydes is 1. The zero-order valence-corrected chi connectivity index (χ0v) is 51.3. The van der Waals surface area contributed by atoms with Crippen LogP contribution in [-0.2, 0) is 17.7 Å². The molecule has 67 heavy (non-hydrogen) atoms. The number of hydrogen-bond donors (Lipinski definition) is 4. The number of aromatic nitrogens is 12. The molecular formula is C34H28BBr4Cl4N12NaO4PS6. The number of imidazole rings is 4. The predicted molar refractivity (Wildman–Crippen MR) is 293 cm³/mol. The van der Waals surface area contributed by atoms with Crippen LogP contribution in [0.2, 0.25) is 20.6 Å². The van der Waals surface area contributed by atoms with Gasteiger partial charge in [-0.25, -0.2) is 24.9 Å². The number of thiazole rings is 4. The van der Waals surface area contributed by atoms with Gasteiger partial charge in [-0.1, -0.05) is 74.1 Å². The Morgan fingerprint density at radius 1 is 0.731 bits per heavy atom. The minimum absolute atomic E-state index is 0. The Balaban J connectivity index is 0.000000290. The summed E-state index contributed by atoms with van der Waals surface area (Å²) in [5.41, 5.74) is 4.18. The molecule has 0 aliphatic carbocycles. The molecule has 16 nitrogen and oxygen atoms in total. The molecule has 0 saturated carbocycles. The number of aliphatic hydroxyl groups is 1. The van der Waals surface area contributed by atoms with Crippen LogP contribution < -0.4 is 40.7 Å². The topological polar surface area (TPSA) is 201 Å². The smallest absolute Gasteiger partial charge is 1.00 e. The number of hydrogen-bond acceptors (Lipinski definition) is 15. The number of carbonyl (C=O) groups is 1. The van der Waals surface area contributed by atoms with Crippen LogP contribution in [0.3, 0.4) is 0 Å². The summed E-state index contributed by atoms with van der Waals surface area (Å²) in [6.07, 6.45) is 8.21. The average Bonchev–Trinajstić information content (AvgIpc) is 4.09. The molecule has 0 spiro atoms. The van der Waals surface area contributed by atoms with Gasteiger partial charge in [0.25, 0.3) is 11.1 Å². The van der Waals surface area contributed by atoms with Crippen LogP contribution in [0.1, 0.15) is 40.4 Å². The summed E-state index contributed by atoms with van der Waals surface area (Å²) in [6, 6.07) is 2.92. The van der Waals surface area contributed by atoms with Gasteiger partial charge in [0.15, 0.2) is 56.7 Å². The van der Waals surface area contributed by atoms with Crippen LogP contribution in [0, 0.1) is 18.6 Å². The second-order valence-electron chi connectivity index (χ2n) is 11.9. The fourth-order valence-corrected chi connectivity index (χ4v) is 11.0. The van der Waals surface area contributed by atoms with Crippen molar-refractivity contribution in [3.8, 4) is 0 Å². The first-order chi connectivity index (χ1) is 31.0. The minimum atomic E-state index is -0.183. The third-order valence-corrected chi connectivity index (χ3v) is 13.5. The molecule has 10 heterocycles. The molecule has 0 saturated heterocycles. The molecule has 0 atom stereocenters. The first kappa shape index (κ1) is 60.5. The monoisotopic (exact) mass is 1380 g/mol. The number of nitrogens with zero attached hydrogens (tertiary/aromatic N) is 9. The fraction of sp³-hybridized carbons (Fsp3) is 0.147. The number of carbonyl (C=O) groups excluding carboxylic acids is 1. The van der Waals surface area contributed by atoms with Crippen LogP contribution in [0.25, 0.3) is 19.8 Å². The van der Waals surface area contributed by atoms with Crippen molar-refractivity contribution in [3.63, 3.8) is 0 Å². The number of rotatable bonds is 6. The van der Waals surface area contributed by atoms with Crippen molar-refractivity contribution in [2.45, 2.75) is 36.7 Å². The summed E-state index contributed by atoms with van der Waals surface area (Å²) >= 11 is 48.4. The molecule has 10 aromatic rings. The molecule has 10 aromatic heterocycles. The van der Waals surface area contributed by atoms with E-state index in [9.17, 15) is 14.4 Å². The SMILES string of the molecule is BrP(Br)Br.Cc1cc(=O)[nH]c(=S)[nH]1.Cc1cc(=O)[nH]c(SCc2c(Cl)nc3sccn23)n1.Clc1nc2sccn2c1CBr.O=Cc1c(Cl)nc2sccn12.OCc1c(Cl)nc2sccn12.[B].[H-].[Na+]. The number of aryl methyl sites for hydroxylation is 2. The van der Waals surface area contributed by atoms with E-state index in [2.05, 4.69) is 114 Å². The van der Waals surface area contributed by atoms with Crippen molar-refractivity contribution < 1.29 is 40.9 Å². The summed E-state index contributed by atoms with van der Waals surface area (Å²) < 4.78 is 7.58. The van der Waals surface area contributed by atoms with Gasteiger partial charge in [0, 0.05) is 89.3 Å². The van der Waals surface area contributed by atoms with E-state index in [1.165, 1.54) is 57.9 Å². The van der Waals surface area contributed by atoms with E-state index in [0.29, 0.717) is 54.5 Å². The Morgan fingerprint density at radius 3 is 1.63 bits per heavy atom. The van der Waals surface area contributed by atoms with Crippen LogP contribution >= 0.6 is 182 Å². The van der Waals surface area contributed by atoms with Crippen LogP contribution in [0.5, 0.6) is 0 Å². The summed E-state index contributed by atoms with van der Waals surface area (Å²) in [4.78, 5) is 64.3. The maximum atomic E-state index is 11.4. The standard InChI is InChI=1S/C11H9ClN4OS2.C6H4BrClN2S.C6H5ClN2OS.C6H3ClN2OS.C5H6N2OS.B.Br3P.Na.H/c1-6-4-8(17)14-10(13-6)19-5-7-9(12)15-11-16(7)2-3-18-11;7-3-4-5(8)9-6-10(4)1-2-11-6;2*7-5-4(3-10)9-1-2-11-6(9)8-5;1-3-2-4(8)7-5(9)6-3;;1-4(2)3;;/h2-4H,5H2,1H3,(H,13,14,17);1-2H,3H2;1-2,10H,3H2;1-3H;2H,1H3,(H2,6,7,8,9);;;;/q;;;;;;;+1;-1. The van der Waals surface area contributed by atoms with Crippen LogP contribution in [0.4, 0.5) is 0 Å². The van der Waals surface area contributed by atoms with Crippen molar-refractivity contribution in [2.75, 3.05) is 0 Å². The third kappa shape index (κ3) is 17.4. The molecule has 33 heteroatoms. The first-order valence-electron chi connectivity index (χ1n) is 17.3. The molecule has 0 aliphatic rings. The predicted octanol–water partition coefficient (Wildman–Crippen LogP) is 9.96. The van der Waals surface area contributed by atoms with E-state index >= 15 is 0 Å². The molecule has 0 bridgehead atoms. The summed E-state index contributed by atoms with van der Waals surface area (Å²) in [6.45, 7) is 3.50. The van der Waals surface area contributed by atoms with Gasteiger partial charge in [-0.15, -0.1) is 45.3 Å². The normalized spacial score (nSPS) is 10.4.